The molecule has 49 heavy (non-hydrogen) atoms. The van der Waals surface area contributed by atoms with E-state index in [2.05, 4.69) is 47.8 Å². The van der Waals surface area contributed by atoms with E-state index in [1.54, 1.807) is 33.9 Å². The van der Waals surface area contributed by atoms with Gasteiger partial charge < -0.3 is 9.87 Å². The molecule has 12 nitrogen and oxygen atoms in total. The van der Waals surface area contributed by atoms with E-state index < -0.39 is 23.5 Å². The highest BCUT2D eigenvalue weighted by molar-refractivity contribution is 7.90. The number of anilines is 1. The molecule has 6 aromatic rings. The minimum atomic E-state index is -1.65. The van der Waals surface area contributed by atoms with Gasteiger partial charge >= 0.3 is 0 Å². The summed E-state index contributed by atoms with van der Waals surface area (Å²) in [4.78, 5) is 33.5. The highest BCUT2D eigenvalue weighted by Gasteiger charge is 2.50. The van der Waals surface area contributed by atoms with Gasteiger partial charge in [0.2, 0.25) is 5.82 Å². The molecule has 3 aliphatic rings. The first-order chi connectivity index (χ1) is 23.9. The number of fused-ring (bicyclic) bond motifs is 4. The summed E-state index contributed by atoms with van der Waals surface area (Å²) in [5, 5.41) is 13.4. The second kappa shape index (κ2) is 11.3. The Balaban J connectivity index is 1.18. The SMILES string of the molecule is C[C@H](NC(=O)c1c(N[S+]([O-])NC2CC2)nn2cccnc12)c1c2c3c(ccc(C#Cc4cnn(C)c4)c3c(=O)n1-c1ccccc1)[C@@H]1C[C@H]21. The molecular weight excluding hydrogens is 639 g/mol. The van der Waals surface area contributed by atoms with Crippen LogP contribution in [0.1, 0.15) is 82.4 Å². The number of hydrogen-bond acceptors (Lipinski definition) is 8. The predicted octanol–water partition coefficient (Wildman–Crippen LogP) is 3.98. The summed E-state index contributed by atoms with van der Waals surface area (Å²) in [5.41, 5.74) is 5.38. The van der Waals surface area contributed by atoms with Crippen molar-refractivity contribution in [1.29, 1.82) is 0 Å². The molecule has 1 unspecified atom stereocenters. The molecular formula is C36H31N9O3S. The smallest absolute Gasteiger partial charge is 0.264 e. The Kier molecular flexibility index (Phi) is 6.87. The number of carbonyl (C=O) groups is 1. The molecule has 13 heteroatoms. The van der Waals surface area contributed by atoms with Crippen LogP contribution in [0.3, 0.4) is 0 Å². The minimum Gasteiger partial charge on any atom is -0.574 e. The lowest BCUT2D eigenvalue weighted by Crippen LogP contribution is -2.35. The Morgan fingerprint density at radius 3 is 2.69 bits per heavy atom. The molecule has 0 aliphatic heterocycles. The van der Waals surface area contributed by atoms with Gasteiger partial charge in [-0.1, -0.05) is 36.1 Å². The van der Waals surface area contributed by atoms with Crippen molar-refractivity contribution in [3.8, 4) is 17.5 Å². The summed E-state index contributed by atoms with van der Waals surface area (Å²) in [7, 11) is 1.84. The zero-order valence-electron chi connectivity index (χ0n) is 26.7. The highest BCUT2D eigenvalue weighted by Crippen LogP contribution is 2.64. The second-order valence-electron chi connectivity index (χ2n) is 12.9. The van der Waals surface area contributed by atoms with Crippen LogP contribution in [-0.2, 0) is 18.6 Å². The Hall–Kier alpha value is -5.42. The van der Waals surface area contributed by atoms with Crippen LogP contribution in [0.4, 0.5) is 5.82 Å². The van der Waals surface area contributed by atoms with Crippen LogP contribution in [0.2, 0.25) is 0 Å². The molecule has 3 aliphatic carbocycles. The Labute approximate surface area is 284 Å². The Bertz CT molecular complexity index is 2440. The molecule has 1 amide bonds. The van der Waals surface area contributed by atoms with Gasteiger partial charge in [-0.25, -0.2) is 9.50 Å². The molecule has 2 fully saturated rings. The lowest BCUT2D eigenvalue weighted by Gasteiger charge is -2.25. The van der Waals surface area contributed by atoms with E-state index in [9.17, 15) is 14.1 Å². The van der Waals surface area contributed by atoms with Crippen molar-refractivity contribution < 1.29 is 9.35 Å². The van der Waals surface area contributed by atoms with Crippen LogP contribution in [0, 0.1) is 11.8 Å². The maximum absolute atomic E-state index is 14.8. The quantitative estimate of drug-likeness (QED) is 0.163. The van der Waals surface area contributed by atoms with E-state index >= 15 is 0 Å². The summed E-state index contributed by atoms with van der Waals surface area (Å²) in [6.45, 7) is 1.90. The van der Waals surface area contributed by atoms with Crippen molar-refractivity contribution in [3.05, 3.63) is 117 Å². The average Bonchev–Trinajstić information content (AvgIpc) is 3.97. The number of benzene rings is 2. The fourth-order valence-corrected chi connectivity index (χ4v) is 8.02. The molecule has 4 aromatic heterocycles. The van der Waals surface area contributed by atoms with Crippen LogP contribution in [-0.4, -0.2) is 45.4 Å². The first-order valence-electron chi connectivity index (χ1n) is 16.3. The predicted molar refractivity (Wildman–Crippen MR) is 186 cm³/mol. The van der Waals surface area contributed by atoms with Gasteiger partial charge in [-0.3, -0.25) is 18.8 Å². The van der Waals surface area contributed by atoms with E-state index in [0.29, 0.717) is 28.2 Å². The Morgan fingerprint density at radius 2 is 1.92 bits per heavy atom. The van der Waals surface area contributed by atoms with E-state index in [4.69, 9.17) is 0 Å². The van der Waals surface area contributed by atoms with Crippen molar-refractivity contribution in [2.45, 2.75) is 50.1 Å². The average molecular weight is 670 g/mol. The van der Waals surface area contributed by atoms with E-state index in [0.717, 1.165) is 47.0 Å². The first-order valence-corrected chi connectivity index (χ1v) is 17.4. The Morgan fingerprint density at radius 1 is 1.08 bits per heavy atom. The minimum absolute atomic E-state index is 0.153. The van der Waals surface area contributed by atoms with Gasteiger partial charge in [0, 0.05) is 36.9 Å². The van der Waals surface area contributed by atoms with Crippen LogP contribution in [0.5, 0.6) is 0 Å². The summed E-state index contributed by atoms with van der Waals surface area (Å²) in [5.74, 6) is 6.70. The first kappa shape index (κ1) is 29.7. The fraction of sp³-hybridized carbons (Fsp3) is 0.250. The number of rotatable bonds is 8. The van der Waals surface area contributed by atoms with Gasteiger partial charge in [-0.15, -0.1) is 9.82 Å². The molecule has 244 valence electrons. The number of nitrogens with zero attached hydrogens (tertiary/aromatic N) is 6. The molecule has 0 saturated heterocycles. The highest BCUT2D eigenvalue weighted by atomic mass is 32.2. The monoisotopic (exact) mass is 669 g/mol. The third kappa shape index (κ3) is 5.07. The number of carbonyl (C=O) groups excluding carboxylic acids is 1. The fourth-order valence-electron chi connectivity index (χ4n) is 7.11. The summed E-state index contributed by atoms with van der Waals surface area (Å²) in [6, 6.07) is 14.9. The number of nitrogens with one attached hydrogen (secondary N) is 3. The summed E-state index contributed by atoms with van der Waals surface area (Å²) in [6.07, 6.45) is 9.69. The topological polar surface area (TPSA) is 146 Å². The third-order valence-electron chi connectivity index (χ3n) is 9.48. The normalized spacial score (nSPS) is 18.5. The van der Waals surface area contributed by atoms with E-state index in [1.807, 2.05) is 56.6 Å². The van der Waals surface area contributed by atoms with Gasteiger partial charge in [-0.2, -0.15) is 9.82 Å². The molecule has 0 radical (unpaired) electrons. The van der Waals surface area contributed by atoms with E-state index in [-0.39, 0.29) is 28.9 Å². The molecule has 4 heterocycles. The molecule has 4 atom stereocenters. The lowest BCUT2D eigenvalue weighted by atomic mass is 9.94. The molecule has 9 rings (SSSR count). The standard InChI is InChI=1S/C36H31N9O3S/c1-20(39-35(46)31-33(42-49(48)41-23-12-13-23)40-44-16-6-15-37-34(31)44)32-30-27-17-26(27)25-14-11-22(10-9-21-18-38-43(2)19-21)28(29(25)30)36(47)45(32)24-7-4-3-5-8-24/h3-8,11,14-16,18-20,23,26-27,41H,12-13,17H2,1-2H3,(H,39,46)(H,40,42)/t20-,26-,27-,49?/m0/s1. The van der Waals surface area contributed by atoms with Crippen molar-refractivity contribution >= 4 is 39.7 Å². The van der Waals surface area contributed by atoms with E-state index in [1.165, 1.54) is 4.52 Å². The van der Waals surface area contributed by atoms with Gasteiger partial charge in [0.1, 0.15) is 5.56 Å². The zero-order chi connectivity index (χ0) is 33.4. The number of amides is 1. The maximum atomic E-state index is 14.8. The molecule has 2 aromatic carbocycles. The largest absolute Gasteiger partial charge is 0.574 e. The lowest BCUT2D eigenvalue weighted by molar-refractivity contribution is 0.0941. The van der Waals surface area contributed by atoms with Gasteiger partial charge in [0.15, 0.2) is 17.2 Å². The van der Waals surface area contributed by atoms with Crippen molar-refractivity contribution in [2.24, 2.45) is 7.05 Å². The van der Waals surface area contributed by atoms with Crippen LogP contribution in [0.15, 0.2) is 78.1 Å². The van der Waals surface area contributed by atoms with Crippen LogP contribution >= 0.6 is 0 Å². The van der Waals surface area contributed by atoms with Crippen LogP contribution in [0.25, 0.3) is 22.1 Å². The zero-order valence-corrected chi connectivity index (χ0v) is 27.5. The number of hydrogen-bond donors (Lipinski definition) is 3. The maximum Gasteiger partial charge on any atom is 0.264 e. The summed E-state index contributed by atoms with van der Waals surface area (Å²) < 4.78 is 23.6. The number of para-hydroxylation sites is 1. The summed E-state index contributed by atoms with van der Waals surface area (Å²) >= 11 is -1.65. The third-order valence-corrected chi connectivity index (χ3v) is 10.4. The molecule has 0 bridgehead atoms. The van der Waals surface area contributed by atoms with Crippen molar-refractivity contribution in [2.75, 3.05) is 4.72 Å². The number of aryl methyl sites for hydroxylation is 1. The van der Waals surface area contributed by atoms with Crippen molar-refractivity contribution in [3.63, 3.8) is 0 Å². The second-order valence-corrected chi connectivity index (χ2v) is 13.9. The number of aromatic nitrogens is 6. The van der Waals surface area contributed by atoms with Gasteiger partial charge in [-0.05, 0) is 78.8 Å². The molecule has 3 N–H and O–H groups in total. The van der Waals surface area contributed by atoms with Gasteiger partial charge in [0.25, 0.3) is 11.5 Å². The van der Waals surface area contributed by atoms with Crippen LogP contribution < -0.4 is 20.3 Å². The van der Waals surface area contributed by atoms with Crippen molar-refractivity contribution in [1.82, 2.24) is 39.0 Å². The molecule has 2 saturated carbocycles. The number of pyridine rings is 1. The van der Waals surface area contributed by atoms with Gasteiger partial charge in [0.05, 0.1) is 34.9 Å². The molecule has 0 spiro atoms.